The number of allylic oxidation sites excluding steroid dienone is 1. The number of hydrogen-bond acceptors (Lipinski definition) is 2. The summed E-state index contributed by atoms with van der Waals surface area (Å²) in [4.78, 5) is 4.25. The fourth-order valence-electron chi connectivity index (χ4n) is 2.67. The van der Waals surface area contributed by atoms with Crippen LogP contribution in [0.25, 0.3) is 0 Å². The van der Waals surface area contributed by atoms with Gasteiger partial charge in [0.05, 0.1) is 17.9 Å². The zero-order valence-electron chi connectivity index (χ0n) is 11.7. The quantitative estimate of drug-likeness (QED) is 0.824. The molecule has 2 nitrogen and oxygen atoms in total. The maximum absolute atomic E-state index is 13.0. The number of pyridine rings is 1. The van der Waals surface area contributed by atoms with Crippen LogP contribution in [0.1, 0.15) is 57.2 Å². The van der Waals surface area contributed by atoms with Gasteiger partial charge in [-0.25, -0.2) is 4.39 Å². The largest absolute Gasteiger partial charge is 0.306 e. The molecule has 1 unspecified atom stereocenters. The van der Waals surface area contributed by atoms with Crippen LogP contribution in [-0.2, 0) is 0 Å². The maximum atomic E-state index is 13.0. The Morgan fingerprint density at radius 3 is 2.84 bits per heavy atom. The normalized spacial score (nSPS) is 21.1. The first-order chi connectivity index (χ1) is 9.31. The molecule has 1 aliphatic rings. The van der Waals surface area contributed by atoms with E-state index in [4.69, 9.17) is 0 Å². The molecule has 0 aliphatic heterocycles. The molecular formula is C16H23FN2. The summed E-state index contributed by atoms with van der Waals surface area (Å²) in [5.74, 6) is -0.273. The molecule has 1 heterocycles. The van der Waals surface area contributed by atoms with Gasteiger partial charge in [-0.2, -0.15) is 0 Å². The van der Waals surface area contributed by atoms with Crippen molar-refractivity contribution in [2.45, 2.75) is 51.5 Å². The molecule has 1 aromatic rings. The van der Waals surface area contributed by atoms with E-state index in [0.29, 0.717) is 0 Å². The smallest absolute Gasteiger partial charge is 0.141 e. The molecule has 0 aromatic carbocycles. The SMILES string of the molecule is CCNC(/C1=C/CCCCCC1)c1ccc(F)cn1. The van der Waals surface area contributed by atoms with Crippen LogP contribution >= 0.6 is 0 Å². The van der Waals surface area contributed by atoms with E-state index in [1.54, 1.807) is 6.07 Å². The van der Waals surface area contributed by atoms with Gasteiger partial charge in [-0.15, -0.1) is 0 Å². The van der Waals surface area contributed by atoms with Crippen molar-refractivity contribution >= 4 is 0 Å². The fraction of sp³-hybridized carbons (Fsp3) is 0.562. The molecule has 0 radical (unpaired) electrons. The van der Waals surface area contributed by atoms with Crippen molar-refractivity contribution in [1.29, 1.82) is 0 Å². The lowest BCUT2D eigenvalue weighted by Gasteiger charge is -2.22. The summed E-state index contributed by atoms with van der Waals surface area (Å²) in [6.07, 6.45) is 11.1. The van der Waals surface area contributed by atoms with E-state index in [1.165, 1.54) is 43.5 Å². The minimum atomic E-state index is -0.273. The first-order valence-electron chi connectivity index (χ1n) is 7.35. The third-order valence-corrected chi connectivity index (χ3v) is 3.65. The van der Waals surface area contributed by atoms with E-state index in [0.717, 1.165) is 25.1 Å². The van der Waals surface area contributed by atoms with Crippen LogP contribution in [0.4, 0.5) is 4.39 Å². The lowest BCUT2D eigenvalue weighted by Crippen LogP contribution is -2.24. The van der Waals surface area contributed by atoms with Crippen LogP contribution < -0.4 is 5.32 Å². The van der Waals surface area contributed by atoms with Gasteiger partial charge < -0.3 is 5.32 Å². The molecule has 3 heteroatoms. The second-order valence-corrected chi connectivity index (χ2v) is 5.12. The summed E-state index contributed by atoms with van der Waals surface area (Å²) in [5.41, 5.74) is 2.34. The van der Waals surface area contributed by atoms with Crippen molar-refractivity contribution in [1.82, 2.24) is 10.3 Å². The van der Waals surface area contributed by atoms with Gasteiger partial charge in [0.2, 0.25) is 0 Å². The highest BCUT2D eigenvalue weighted by Crippen LogP contribution is 2.27. The van der Waals surface area contributed by atoms with Gasteiger partial charge in [0, 0.05) is 0 Å². The zero-order chi connectivity index (χ0) is 13.5. The summed E-state index contributed by atoms with van der Waals surface area (Å²) in [5, 5.41) is 3.48. The number of rotatable bonds is 4. The molecule has 0 amide bonds. The first-order valence-corrected chi connectivity index (χ1v) is 7.35. The Morgan fingerprint density at radius 1 is 1.26 bits per heavy atom. The molecule has 0 saturated carbocycles. The van der Waals surface area contributed by atoms with Crippen molar-refractivity contribution in [3.05, 3.63) is 41.5 Å². The summed E-state index contributed by atoms with van der Waals surface area (Å²) in [6.45, 7) is 2.99. The highest BCUT2D eigenvalue weighted by molar-refractivity contribution is 5.23. The molecule has 1 aromatic heterocycles. The van der Waals surface area contributed by atoms with Crippen molar-refractivity contribution in [3.8, 4) is 0 Å². The maximum Gasteiger partial charge on any atom is 0.141 e. The van der Waals surface area contributed by atoms with Crippen LogP contribution in [-0.4, -0.2) is 11.5 Å². The summed E-state index contributed by atoms with van der Waals surface area (Å²) >= 11 is 0. The van der Waals surface area contributed by atoms with Crippen LogP contribution in [0.15, 0.2) is 30.0 Å². The lowest BCUT2D eigenvalue weighted by molar-refractivity contribution is 0.542. The minimum Gasteiger partial charge on any atom is -0.306 e. The van der Waals surface area contributed by atoms with E-state index < -0.39 is 0 Å². The molecule has 0 saturated heterocycles. The highest BCUT2D eigenvalue weighted by Gasteiger charge is 2.17. The Morgan fingerprint density at radius 2 is 2.11 bits per heavy atom. The summed E-state index contributed by atoms with van der Waals surface area (Å²) in [7, 11) is 0. The van der Waals surface area contributed by atoms with E-state index in [2.05, 4.69) is 23.3 Å². The van der Waals surface area contributed by atoms with Gasteiger partial charge in [-0.3, -0.25) is 4.98 Å². The Labute approximate surface area is 115 Å². The Hall–Kier alpha value is -1.22. The van der Waals surface area contributed by atoms with Crippen molar-refractivity contribution < 1.29 is 4.39 Å². The first kappa shape index (κ1) is 14.2. The molecule has 0 spiro atoms. The average Bonchev–Trinajstić information content (AvgIpc) is 2.38. The van der Waals surface area contributed by atoms with Crippen molar-refractivity contribution in [3.63, 3.8) is 0 Å². The number of nitrogens with zero attached hydrogens (tertiary/aromatic N) is 1. The van der Waals surface area contributed by atoms with E-state index in [1.807, 2.05) is 0 Å². The van der Waals surface area contributed by atoms with Crippen LogP contribution in [0.2, 0.25) is 0 Å². The van der Waals surface area contributed by atoms with E-state index >= 15 is 0 Å². The molecule has 1 atom stereocenters. The third kappa shape index (κ3) is 4.13. The van der Waals surface area contributed by atoms with E-state index in [-0.39, 0.29) is 11.9 Å². The molecule has 0 fully saturated rings. The summed E-state index contributed by atoms with van der Waals surface area (Å²) in [6, 6.07) is 3.43. The van der Waals surface area contributed by atoms with Crippen LogP contribution in [0.3, 0.4) is 0 Å². The van der Waals surface area contributed by atoms with Crippen molar-refractivity contribution in [2.24, 2.45) is 0 Å². The molecule has 2 rings (SSSR count). The van der Waals surface area contributed by atoms with Crippen LogP contribution in [0.5, 0.6) is 0 Å². The van der Waals surface area contributed by atoms with Gasteiger partial charge in [0.25, 0.3) is 0 Å². The van der Waals surface area contributed by atoms with Crippen molar-refractivity contribution in [2.75, 3.05) is 6.54 Å². The molecular weight excluding hydrogens is 239 g/mol. The average molecular weight is 262 g/mol. The van der Waals surface area contributed by atoms with Gasteiger partial charge >= 0.3 is 0 Å². The second-order valence-electron chi connectivity index (χ2n) is 5.12. The number of hydrogen-bond donors (Lipinski definition) is 1. The minimum absolute atomic E-state index is 0.142. The number of aromatic nitrogens is 1. The zero-order valence-corrected chi connectivity index (χ0v) is 11.7. The topological polar surface area (TPSA) is 24.9 Å². The van der Waals surface area contributed by atoms with Gasteiger partial charge in [-0.05, 0) is 44.4 Å². The van der Waals surface area contributed by atoms with Gasteiger partial charge in [0.1, 0.15) is 5.82 Å². The van der Waals surface area contributed by atoms with Crippen LogP contribution in [0, 0.1) is 5.82 Å². The predicted molar refractivity (Wildman–Crippen MR) is 76.4 cm³/mol. The third-order valence-electron chi connectivity index (χ3n) is 3.65. The molecule has 0 bridgehead atoms. The molecule has 1 N–H and O–H groups in total. The molecule has 19 heavy (non-hydrogen) atoms. The number of nitrogens with one attached hydrogen (secondary N) is 1. The second kappa shape index (κ2) is 7.39. The van der Waals surface area contributed by atoms with Gasteiger partial charge in [0.15, 0.2) is 0 Å². The van der Waals surface area contributed by atoms with E-state index in [9.17, 15) is 4.39 Å². The fourth-order valence-corrected chi connectivity index (χ4v) is 2.67. The molecule has 1 aliphatic carbocycles. The Balaban J connectivity index is 2.20. The lowest BCUT2D eigenvalue weighted by atomic mass is 9.93. The molecule has 104 valence electrons. The number of likely N-dealkylation sites (N-methyl/N-ethyl adjacent to an activating group) is 1. The predicted octanol–water partition coefficient (Wildman–Crippen LogP) is 4.15. The highest BCUT2D eigenvalue weighted by atomic mass is 19.1. The Kier molecular flexibility index (Phi) is 5.52. The Bertz CT molecular complexity index is 411. The monoisotopic (exact) mass is 262 g/mol. The van der Waals surface area contributed by atoms with Gasteiger partial charge in [-0.1, -0.05) is 31.4 Å². The standard InChI is InChI=1S/C16H23FN2/c1-2-18-16(15-11-10-14(17)12-19-15)13-8-6-4-3-5-7-9-13/h8,10-12,16,18H,2-7,9H2,1H3/b13-8+. The number of halogens is 1. The summed E-state index contributed by atoms with van der Waals surface area (Å²) < 4.78 is 13.0.